The topological polar surface area (TPSA) is 99.1 Å². The summed E-state index contributed by atoms with van der Waals surface area (Å²) in [6.07, 6.45) is 0.702. The largest absolute Gasteiger partial charge is 0.339 e. The maximum absolute atomic E-state index is 10.8. The van der Waals surface area contributed by atoms with E-state index in [1.54, 1.807) is 12.1 Å². The summed E-state index contributed by atoms with van der Waals surface area (Å²) in [7, 11) is 0. The van der Waals surface area contributed by atoms with E-state index >= 15 is 0 Å². The summed E-state index contributed by atoms with van der Waals surface area (Å²) in [6.45, 7) is 1.48. The molecule has 0 amide bonds. The van der Waals surface area contributed by atoms with Gasteiger partial charge in [0.05, 0.1) is 4.92 Å². The van der Waals surface area contributed by atoms with Crippen molar-refractivity contribution in [2.75, 3.05) is 0 Å². The molecule has 0 fully saturated rings. The van der Waals surface area contributed by atoms with E-state index < -0.39 is 4.92 Å². The molecule has 0 spiro atoms. The number of carbonyl (C=O) groups excluding carboxylic acids is 1. The second kappa shape index (κ2) is 5.38. The summed E-state index contributed by atoms with van der Waals surface area (Å²) in [5.41, 5.74) is 0.472. The number of nitrogens with zero attached hydrogens (tertiary/aromatic N) is 3. The molecule has 19 heavy (non-hydrogen) atoms. The maximum Gasteiger partial charge on any atom is 0.270 e. The number of aromatic nitrogens is 2. The van der Waals surface area contributed by atoms with Crippen LogP contribution in [0.25, 0.3) is 11.4 Å². The fourth-order valence-corrected chi connectivity index (χ4v) is 1.52. The van der Waals surface area contributed by atoms with Crippen LogP contribution < -0.4 is 0 Å². The fourth-order valence-electron chi connectivity index (χ4n) is 1.52. The Kier molecular flexibility index (Phi) is 3.65. The van der Waals surface area contributed by atoms with E-state index in [1.165, 1.54) is 19.1 Å². The van der Waals surface area contributed by atoms with Crippen LogP contribution in [0.2, 0.25) is 0 Å². The van der Waals surface area contributed by atoms with Gasteiger partial charge in [0.15, 0.2) is 0 Å². The van der Waals surface area contributed by atoms with Gasteiger partial charge in [-0.15, -0.1) is 0 Å². The van der Waals surface area contributed by atoms with Crippen LogP contribution >= 0.6 is 0 Å². The molecular formula is C12H11N3O4. The predicted octanol–water partition coefficient (Wildman–Crippen LogP) is 2.17. The third-order valence-electron chi connectivity index (χ3n) is 2.47. The predicted molar refractivity (Wildman–Crippen MR) is 65.4 cm³/mol. The van der Waals surface area contributed by atoms with Gasteiger partial charge in [0.1, 0.15) is 5.78 Å². The molecule has 1 heterocycles. The minimum Gasteiger partial charge on any atom is -0.339 e. The lowest BCUT2D eigenvalue weighted by molar-refractivity contribution is -0.384. The molecule has 1 aromatic carbocycles. The number of benzene rings is 1. The fraction of sp³-hybridized carbons (Fsp3) is 0.250. The highest BCUT2D eigenvalue weighted by Gasteiger charge is 2.12. The van der Waals surface area contributed by atoms with Gasteiger partial charge in [0.2, 0.25) is 11.7 Å². The summed E-state index contributed by atoms with van der Waals surface area (Å²) in [5.74, 6) is 0.661. The van der Waals surface area contributed by atoms with E-state index in [0.717, 1.165) is 0 Å². The molecule has 2 rings (SSSR count). The van der Waals surface area contributed by atoms with Crippen LogP contribution in [0.15, 0.2) is 28.8 Å². The highest BCUT2D eigenvalue weighted by Crippen LogP contribution is 2.21. The second-order valence-electron chi connectivity index (χ2n) is 4.02. The van der Waals surface area contributed by atoms with Gasteiger partial charge < -0.3 is 9.32 Å². The maximum atomic E-state index is 10.8. The number of nitro benzene ring substituents is 1. The van der Waals surface area contributed by atoms with Gasteiger partial charge >= 0.3 is 0 Å². The molecule has 98 valence electrons. The molecule has 0 aliphatic heterocycles. The third kappa shape index (κ3) is 3.21. The number of ketones is 1. The Morgan fingerprint density at radius 1 is 1.47 bits per heavy atom. The number of hydrogen-bond acceptors (Lipinski definition) is 6. The number of nitro groups is 1. The SMILES string of the molecule is CC(=O)CCc1nc(-c2cccc([N+](=O)[O-])c2)no1. The van der Waals surface area contributed by atoms with Crippen LogP contribution in [-0.2, 0) is 11.2 Å². The second-order valence-corrected chi connectivity index (χ2v) is 4.02. The zero-order valence-corrected chi connectivity index (χ0v) is 10.2. The Labute approximate surface area is 108 Å². The van der Waals surface area contributed by atoms with Gasteiger partial charge in [-0.25, -0.2) is 0 Å². The minimum absolute atomic E-state index is 0.0346. The van der Waals surface area contributed by atoms with Crippen molar-refractivity contribution in [2.45, 2.75) is 19.8 Å². The molecule has 2 aromatic rings. The van der Waals surface area contributed by atoms with E-state index in [9.17, 15) is 14.9 Å². The van der Waals surface area contributed by atoms with E-state index in [1.807, 2.05) is 0 Å². The molecule has 1 aromatic heterocycles. The molecule has 0 aliphatic carbocycles. The lowest BCUT2D eigenvalue weighted by Crippen LogP contribution is -1.94. The number of Topliss-reactive ketones (excluding diaryl/α,β-unsaturated/α-hetero) is 1. The van der Waals surface area contributed by atoms with Crippen molar-refractivity contribution < 1.29 is 14.2 Å². The molecule has 0 unspecified atom stereocenters. The lowest BCUT2D eigenvalue weighted by atomic mass is 10.2. The van der Waals surface area contributed by atoms with E-state index in [2.05, 4.69) is 10.1 Å². The Morgan fingerprint density at radius 2 is 2.26 bits per heavy atom. The first-order valence-electron chi connectivity index (χ1n) is 5.63. The zero-order valence-electron chi connectivity index (χ0n) is 10.2. The van der Waals surface area contributed by atoms with Crippen molar-refractivity contribution in [3.05, 3.63) is 40.3 Å². The molecule has 7 nitrogen and oxygen atoms in total. The average Bonchev–Trinajstić information content (AvgIpc) is 2.85. The van der Waals surface area contributed by atoms with Crippen molar-refractivity contribution >= 4 is 11.5 Å². The summed E-state index contributed by atoms with van der Waals surface area (Å²) < 4.78 is 4.99. The van der Waals surface area contributed by atoms with Crippen LogP contribution in [0.4, 0.5) is 5.69 Å². The third-order valence-corrected chi connectivity index (χ3v) is 2.47. The van der Waals surface area contributed by atoms with Crippen LogP contribution in [0, 0.1) is 10.1 Å². The summed E-state index contributed by atoms with van der Waals surface area (Å²) in [6, 6.07) is 5.98. The van der Waals surface area contributed by atoms with Gasteiger partial charge in [0.25, 0.3) is 5.69 Å². The molecule has 0 saturated heterocycles. The van der Waals surface area contributed by atoms with Crippen LogP contribution in [0.1, 0.15) is 19.2 Å². The first-order valence-corrected chi connectivity index (χ1v) is 5.63. The summed E-state index contributed by atoms with van der Waals surface area (Å²) in [4.78, 5) is 25.1. The van der Waals surface area contributed by atoms with Crippen LogP contribution in [-0.4, -0.2) is 20.8 Å². The Bertz CT molecular complexity index is 621. The number of non-ortho nitro benzene ring substituents is 1. The summed E-state index contributed by atoms with van der Waals surface area (Å²) >= 11 is 0. The standard InChI is InChI=1S/C12H11N3O4/c1-8(16)5-6-11-13-12(14-19-11)9-3-2-4-10(7-9)15(17)18/h2-4,7H,5-6H2,1H3. The molecule has 7 heteroatoms. The van der Waals surface area contributed by atoms with Crippen molar-refractivity contribution in [3.8, 4) is 11.4 Å². The molecule has 0 N–H and O–H groups in total. The zero-order chi connectivity index (χ0) is 13.8. The minimum atomic E-state index is -0.486. The van der Waals surface area contributed by atoms with Crippen molar-refractivity contribution in [1.82, 2.24) is 10.1 Å². The Hall–Kier alpha value is -2.57. The molecule has 0 saturated carbocycles. The highest BCUT2D eigenvalue weighted by atomic mass is 16.6. The van der Waals surface area contributed by atoms with Crippen molar-refractivity contribution in [1.29, 1.82) is 0 Å². The first-order chi connectivity index (χ1) is 9.06. The number of aryl methyl sites for hydroxylation is 1. The summed E-state index contributed by atoms with van der Waals surface area (Å²) in [5, 5.41) is 14.4. The van der Waals surface area contributed by atoms with E-state index in [-0.39, 0.29) is 17.3 Å². The van der Waals surface area contributed by atoms with Gasteiger partial charge in [-0.2, -0.15) is 4.98 Å². The van der Waals surface area contributed by atoms with Gasteiger partial charge in [-0.3, -0.25) is 10.1 Å². The highest BCUT2D eigenvalue weighted by molar-refractivity contribution is 5.75. The van der Waals surface area contributed by atoms with Crippen molar-refractivity contribution in [2.24, 2.45) is 0 Å². The van der Waals surface area contributed by atoms with Crippen LogP contribution in [0.5, 0.6) is 0 Å². The lowest BCUT2D eigenvalue weighted by Gasteiger charge is -1.94. The average molecular weight is 261 g/mol. The van der Waals surface area contributed by atoms with E-state index in [4.69, 9.17) is 4.52 Å². The monoisotopic (exact) mass is 261 g/mol. The van der Waals surface area contributed by atoms with E-state index in [0.29, 0.717) is 24.3 Å². The number of rotatable bonds is 5. The molecule has 0 atom stereocenters. The van der Waals surface area contributed by atoms with Gasteiger partial charge in [0, 0.05) is 30.5 Å². The smallest absolute Gasteiger partial charge is 0.270 e. The number of carbonyl (C=O) groups is 1. The molecular weight excluding hydrogens is 250 g/mol. The molecule has 0 aliphatic rings. The van der Waals surface area contributed by atoms with Gasteiger partial charge in [-0.1, -0.05) is 17.3 Å². The Morgan fingerprint density at radius 3 is 2.95 bits per heavy atom. The molecule has 0 radical (unpaired) electrons. The molecule has 0 bridgehead atoms. The van der Waals surface area contributed by atoms with Crippen LogP contribution in [0.3, 0.4) is 0 Å². The Balaban J connectivity index is 2.20. The first kappa shape index (κ1) is 12.9. The van der Waals surface area contributed by atoms with Gasteiger partial charge in [-0.05, 0) is 6.92 Å². The quantitative estimate of drug-likeness (QED) is 0.604. The normalized spacial score (nSPS) is 10.4. The number of hydrogen-bond donors (Lipinski definition) is 0. The van der Waals surface area contributed by atoms with Crippen molar-refractivity contribution in [3.63, 3.8) is 0 Å².